The van der Waals surface area contributed by atoms with E-state index in [-0.39, 0.29) is 5.91 Å². The Morgan fingerprint density at radius 2 is 2.11 bits per heavy atom. The number of thiophene rings is 1. The third-order valence-corrected chi connectivity index (χ3v) is 7.22. The summed E-state index contributed by atoms with van der Waals surface area (Å²) in [4.78, 5) is 17.9. The smallest absolute Gasteiger partial charge is 0.264 e. The SMILES string of the molecule is O=C(c1cc(Br)c(Br)s1)N1CCN2CCCCC2C1. The molecule has 3 rings (SSSR count). The Balaban J connectivity index is 1.70. The molecule has 2 fully saturated rings. The number of amides is 1. The van der Waals surface area contributed by atoms with Crippen LogP contribution in [0.3, 0.4) is 0 Å². The van der Waals surface area contributed by atoms with Gasteiger partial charge in [-0.15, -0.1) is 11.3 Å². The van der Waals surface area contributed by atoms with Crippen molar-refractivity contribution in [3.63, 3.8) is 0 Å². The van der Waals surface area contributed by atoms with Gasteiger partial charge in [0.15, 0.2) is 0 Å². The molecule has 1 amide bonds. The summed E-state index contributed by atoms with van der Waals surface area (Å²) in [6, 6.07) is 2.50. The van der Waals surface area contributed by atoms with E-state index in [0.717, 1.165) is 32.8 Å². The molecule has 0 spiro atoms. The van der Waals surface area contributed by atoms with Crippen LogP contribution in [0.5, 0.6) is 0 Å². The van der Waals surface area contributed by atoms with Gasteiger partial charge in [-0.25, -0.2) is 0 Å². The number of rotatable bonds is 1. The minimum atomic E-state index is 0.182. The van der Waals surface area contributed by atoms with Crippen molar-refractivity contribution >= 4 is 49.1 Å². The number of carbonyl (C=O) groups is 1. The summed E-state index contributed by atoms with van der Waals surface area (Å²) in [6.45, 7) is 4.00. The van der Waals surface area contributed by atoms with Crippen LogP contribution in [0.15, 0.2) is 14.3 Å². The van der Waals surface area contributed by atoms with Gasteiger partial charge < -0.3 is 4.90 Å². The lowest BCUT2D eigenvalue weighted by molar-refractivity contribution is 0.0376. The van der Waals surface area contributed by atoms with Gasteiger partial charge in [0.1, 0.15) is 0 Å². The van der Waals surface area contributed by atoms with Crippen molar-refractivity contribution in [1.29, 1.82) is 0 Å². The molecular weight excluding hydrogens is 392 g/mol. The zero-order valence-electron chi connectivity index (χ0n) is 10.6. The fourth-order valence-electron chi connectivity index (χ4n) is 2.95. The molecule has 0 N–H and O–H groups in total. The van der Waals surface area contributed by atoms with Gasteiger partial charge in [0.05, 0.1) is 8.66 Å². The summed E-state index contributed by atoms with van der Waals surface area (Å²) in [5, 5.41) is 0. The van der Waals surface area contributed by atoms with Crippen molar-refractivity contribution in [2.75, 3.05) is 26.2 Å². The first-order valence-corrected chi connectivity index (χ1v) is 9.03. The molecule has 0 bridgehead atoms. The Morgan fingerprint density at radius 1 is 1.26 bits per heavy atom. The number of carbonyl (C=O) groups excluding carboxylic acids is 1. The Hall–Kier alpha value is 0.0900. The van der Waals surface area contributed by atoms with E-state index in [4.69, 9.17) is 0 Å². The second kappa shape index (κ2) is 5.84. The van der Waals surface area contributed by atoms with Crippen LogP contribution in [0.4, 0.5) is 0 Å². The highest BCUT2D eigenvalue weighted by Gasteiger charge is 2.31. The van der Waals surface area contributed by atoms with E-state index >= 15 is 0 Å². The van der Waals surface area contributed by atoms with Gasteiger partial charge in [-0.1, -0.05) is 6.42 Å². The first-order valence-electron chi connectivity index (χ1n) is 6.63. The van der Waals surface area contributed by atoms with Crippen LogP contribution in [0.25, 0.3) is 0 Å². The van der Waals surface area contributed by atoms with Crippen LogP contribution < -0.4 is 0 Å². The highest BCUT2D eigenvalue weighted by atomic mass is 79.9. The summed E-state index contributed by atoms with van der Waals surface area (Å²) in [6.07, 6.45) is 3.86. The molecule has 3 nitrogen and oxygen atoms in total. The topological polar surface area (TPSA) is 23.6 Å². The van der Waals surface area contributed by atoms with Gasteiger partial charge in [-0.3, -0.25) is 9.69 Å². The highest BCUT2D eigenvalue weighted by molar-refractivity contribution is 9.13. The zero-order valence-corrected chi connectivity index (χ0v) is 14.6. The lowest BCUT2D eigenvalue weighted by atomic mass is 9.99. The zero-order chi connectivity index (χ0) is 13.4. The largest absolute Gasteiger partial charge is 0.335 e. The van der Waals surface area contributed by atoms with E-state index in [1.54, 1.807) is 0 Å². The predicted octanol–water partition coefficient (Wildman–Crippen LogP) is 3.58. The van der Waals surface area contributed by atoms with E-state index < -0.39 is 0 Å². The number of hydrogen-bond donors (Lipinski definition) is 0. The first kappa shape index (κ1) is 14.0. The second-order valence-corrected chi connectivity index (χ2v) is 8.39. The van der Waals surface area contributed by atoms with Crippen LogP contribution in [0.1, 0.15) is 28.9 Å². The number of piperazine rings is 1. The maximum atomic E-state index is 12.5. The number of hydrogen-bond acceptors (Lipinski definition) is 3. The van der Waals surface area contributed by atoms with E-state index in [1.807, 2.05) is 11.0 Å². The second-order valence-electron chi connectivity index (χ2n) is 5.17. The van der Waals surface area contributed by atoms with E-state index in [9.17, 15) is 4.79 Å². The number of halogens is 2. The molecule has 2 aliphatic heterocycles. The maximum absolute atomic E-state index is 12.5. The van der Waals surface area contributed by atoms with E-state index in [0.29, 0.717) is 6.04 Å². The van der Waals surface area contributed by atoms with Crippen molar-refractivity contribution < 1.29 is 4.79 Å². The van der Waals surface area contributed by atoms with Gasteiger partial charge in [0.2, 0.25) is 0 Å². The molecule has 3 heterocycles. The summed E-state index contributed by atoms with van der Waals surface area (Å²) in [5.41, 5.74) is 0. The Labute approximate surface area is 134 Å². The monoisotopic (exact) mass is 406 g/mol. The highest BCUT2D eigenvalue weighted by Crippen LogP contribution is 2.33. The van der Waals surface area contributed by atoms with Crippen LogP contribution in [0, 0.1) is 0 Å². The average Bonchev–Trinajstić information content (AvgIpc) is 2.77. The summed E-state index contributed by atoms with van der Waals surface area (Å²) in [7, 11) is 0. The lowest BCUT2D eigenvalue weighted by Gasteiger charge is -2.43. The van der Waals surface area contributed by atoms with Crippen molar-refractivity contribution in [3.05, 3.63) is 19.2 Å². The lowest BCUT2D eigenvalue weighted by Crippen LogP contribution is -2.56. The predicted molar refractivity (Wildman–Crippen MR) is 84.8 cm³/mol. The molecule has 1 aromatic rings. The third kappa shape index (κ3) is 2.91. The van der Waals surface area contributed by atoms with Crippen LogP contribution >= 0.6 is 43.2 Å². The molecule has 0 radical (unpaired) electrons. The number of fused-ring (bicyclic) bond motifs is 1. The Bertz CT molecular complexity index is 471. The third-order valence-electron chi connectivity index (χ3n) is 3.98. The molecule has 0 aromatic carbocycles. The molecular formula is C13H16Br2N2OS. The Kier molecular flexibility index (Phi) is 4.31. The first-order chi connectivity index (χ1) is 9.15. The van der Waals surface area contributed by atoms with Gasteiger partial charge in [-0.2, -0.15) is 0 Å². The maximum Gasteiger partial charge on any atom is 0.264 e. The molecule has 1 atom stereocenters. The molecule has 1 aromatic heterocycles. The molecule has 1 unspecified atom stereocenters. The van der Waals surface area contributed by atoms with Crippen molar-refractivity contribution in [3.8, 4) is 0 Å². The normalized spacial score (nSPS) is 24.3. The number of piperidine rings is 1. The van der Waals surface area contributed by atoms with E-state index in [1.165, 1.54) is 37.1 Å². The number of nitrogens with zero attached hydrogens (tertiary/aromatic N) is 2. The summed E-state index contributed by atoms with van der Waals surface area (Å²) >= 11 is 8.42. The van der Waals surface area contributed by atoms with Crippen molar-refractivity contribution in [2.45, 2.75) is 25.3 Å². The molecule has 6 heteroatoms. The minimum absolute atomic E-state index is 0.182. The molecule has 104 valence electrons. The van der Waals surface area contributed by atoms with Gasteiger partial charge in [-0.05, 0) is 57.3 Å². The molecule has 0 saturated carbocycles. The fraction of sp³-hybridized carbons (Fsp3) is 0.615. The van der Waals surface area contributed by atoms with E-state index in [2.05, 4.69) is 36.8 Å². The minimum Gasteiger partial charge on any atom is -0.335 e. The van der Waals surface area contributed by atoms with Gasteiger partial charge in [0.25, 0.3) is 5.91 Å². The Morgan fingerprint density at radius 3 is 2.84 bits per heavy atom. The van der Waals surface area contributed by atoms with Crippen LogP contribution in [-0.4, -0.2) is 47.9 Å². The molecule has 0 aliphatic carbocycles. The van der Waals surface area contributed by atoms with Crippen LogP contribution in [-0.2, 0) is 0 Å². The van der Waals surface area contributed by atoms with Crippen molar-refractivity contribution in [2.24, 2.45) is 0 Å². The average molecular weight is 408 g/mol. The summed E-state index contributed by atoms with van der Waals surface area (Å²) in [5.74, 6) is 0.182. The van der Waals surface area contributed by atoms with Crippen LogP contribution in [0.2, 0.25) is 0 Å². The standard InChI is InChI=1S/C13H16Br2N2OS/c14-10-7-11(19-12(10)15)13(18)17-6-5-16-4-2-1-3-9(16)8-17/h7,9H,1-6,8H2. The molecule has 2 saturated heterocycles. The molecule has 19 heavy (non-hydrogen) atoms. The quantitative estimate of drug-likeness (QED) is 0.710. The van der Waals surface area contributed by atoms with Crippen molar-refractivity contribution in [1.82, 2.24) is 9.80 Å². The molecule has 2 aliphatic rings. The van der Waals surface area contributed by atoms with Gasteiger partial charge in [0, 0.05) is 30.1 Å². The van der Waals surface area contributed by atoms with Gasteiger partial charge >= 0.3 is 0 Å². The summed E-state index contributed by atoms with van der Waals surface area (Å²) < 4.78 is 1.96. The fourth-order valence-corrected chi connectivity index (χ4v) is 4.95.